The average Bonchev–Trinajstić information content (AvgIpc) is 2.49. The van der Waals surface area contributed by atoms with Crippen LogP contribution in [0, 0.1) is 0 Å². The fourth-order valence-corrected chi connectivity index (χ4v) is 1.96. The standard InChI is InChI=1S/C8H9N3O2S/c1-2-9-5-3-4(12)7-6(10-5)8(13)11-14-7/h3H,2H2,1H3,(H,11,13)(H2,9,10,12)/p+1. The quantitative estimate of drug-likeness (QED) is 0.679. The first-order valence-corrected chi connectivity index (χ1v) is 5.04. The predicted octanol–water partition coefficient (Wildman–Crippen LogP) is 0.541. The van der Waals surface area contributed by atoms with E-state index in [9.17, 15) is 9.90 Å². The molecule has 2 heterocycles. The van der Waals surface area contributed by atoms with Gasteiger partial charge < -0.3 is 5.11 Å². The first-order valence-electron chi connectivity index (χ1n) is 4.22. The second-order valence-corrected chi connectivity index (χ2v) is 3.65. The monoisotopic (exact) mass is 212 g/mol. The lowest BCUT2D eigenvalue weighted by Crippen LogP contribution is -2.17. The third-order valence-corrected chi connectivity index (χ3v) is 2.75. The number of H-pyrrole nitrogens is 2. The Morgan fingerprint density at radius 2 is 2.50 bits per heavy atom. The minimum atomic E-state index is -0.208. The largest absolute Gasteiger partial charge is 0.506 e. The van der Waals surface area contributed by atoms with Gasteiger partial charge in [0.2, 0.25) is 5.52 Å². The Hall–Kier alpha value is -1.56. The van der Waals surface area contributed by atoms with Gasteiger partial charge in [-0.3, -0.25) is 14.5 Å². The maximum atomic E-state index is 11.3. The fourth-order valence-electron chi connectivity index (χ4n) is 1.26. The van der Waals surface area contributed by atoms with Crippen molar-refractivity contribution in [1.29, 1.82) is 0 Å². The highest BCUT2D eigenvalue weighted by Crippen LogP contribution is 2.24. The van der Waals surface area contributed by atoms with E-state index in [4.69, 9.17) is 0 Å². The normalized spacial score (nSPS) is 10.6. The summed E-state index contributed by atoms with van der Waals surface area (Å²) in [6.45, 7) is 2.66. The molecule has 0 amide bonds. The molecular weight excluding hydrogens is 202 g/mol. The number of anilines is 1. The summed E-state index contributed by atoms with van der Waals surface area (Å²) >= 11 is 1.12. The molecule has 0 aliphatic rings. The molecule has 0 saturated heterocycles. The predicted molar refractivity (Wildman–Crippen MR) is 54.8 cm³/mol. The molecule has 2 aromatic heterocycles. The number of hydrogen-bond donors (Lipinski definition) is 3. The van der Waals surface area contributed by atoms with Crippen LogP contribution in [0.2, 0.25) is 0 Å². The molecule has 0 saturated carbocycles. The van der Waals surface area contributed by atoms with Crippen LogP contribution in [0.5, 0.6) is 5.75 Å². The molecule has 6 heteroatoms. The van der Waals surface area contributed by atoms with Gasteiger partial charge in [-0.25, -0.2) is 4.98 Å². The summed E-state index contributed by atoms with van der Waals surface area (Å²) in [7, 11) is 0. The molecule has 2 rings (SSSR count). The molecule has 0 aliphatic carbocycles. The molecule has 0 spiro atoms. The second kappa shape index (κ2) is 3.30. The van der Waals surface area contributed by atoms with E-state index < -0.39 is 0 Å². The van der Waals surface area contributed by atoms with Gasteiger partial charge in [0.1, 0.15) is 10.4 Å². The zero-order chi connectivity index (χ0) is 10.1. The number of pyridine rings is 1. The summed E-state index contributed by atoms with van der Waals surface area (Å²) in [4.78, 5) is 14.2. The third kappa shape index (κ3) is 1.33. The number of fused-ring (bicyclic) bond motifs is 1. The lowest BCUT2D eigenvalue weighted by atomic mass is 10.3. The lowest BCUT2D eigenvalue weighted by Gasteiger charge is -1.95. The molecule has 0 aliphatic heterocycles. The molecule has 14 heavy (non-hydrogen) atoms. The van der Waals surface area contributed by atoms with Gasteiger partial charge in [-0.15, -0.1) is 0 Å². The Kier molecular flexibility index (Phi) is 2.12. The van der Waals surface area contributed by atoms with Crippen molar-refractivity contribution in [3.05, 3.63) is 16.4 Å². The van der Waals surface area contributed by atoms with Crippen LogP contribution in [0.25, 0.3) is 10.2 Å². The fraction of sp³-hybridized carbons (Fsp3) is 0.250. The number of hydrogen-bond acceptors (Lipinski definition) is 4. The molecule has 2 aromatic rings. The van der Waals surface area contributed by atoms with Gasteiger partial charge >= 0.3 is 5.56 Å². The van der Waals surface area contributed by atoms with E-state index in [0.717, 1.165) is 18.1 Å². The van der Waals surface area contributed by atoms with Gasteiger partial charge in [-0.2, -0.15) is 0 Å². The van der Waals surface area contributed by atoms with Gasteiger partial charge in [0.15, 0.2) is 0 Å². The van der Waals surface area contributed by atoms with Gasteiger partial charge in [0, 0.05) is 0 Å². The Bertz CT molecular complexity index is 517. The van der Waals surface area contributed by atoms with E-state index in [-0.39, 0.29) is 11.3 Å². The first kappa shape index (κ1) is 9.01. The van der Waals surface area contributed by atoms with Crippen LogP contribution >= 0.6 is 11.5 Å². The summed E-state index contributed by atoms with van der Waals surface area (Å²) in [5, 5.41) is 12.6. The average molecular weight is 212 g/mol. The van der Waals surface area contributed by atoms with Gasteiger partial charge in [-0.1, -0.05) is 11.5 Å². The molecular formula is C8H10N3O2S+. The smallest absolute Gasteiger partial charge is 0.305 e. The summed E-state index contributed by atoms with van der Waals surface area (Å²) in [6, 6.07) is 1.57. The van der Waals surface area contributed by atoms with Crippen molar-refractivity contribution in [2.75, 3.05) is 11.9 Å². The summed E-state index contributed by atoms with van der Waals surface area (Å²) < 4.78 is 3.11. The minimum absolute atomic E-state index is 0.109. The molecule has 0 unspecified atom stereocenters. The summed E-state index contributed by atoms with van der Waals surface area (Å²) in [5.41, 5.74) is 0.200. The number of aromatic amines is 2. The zero-order valence-corrected chi connectivity index (χ0v) is 8.36. The van der Waals surface area contributed by atoms with Crippen molar-refractivity contribution < 1.29 is 10.1 Å². The highest BCUT2D eigenvalue weighted by atomic mass is 32.1. The van der Waals surface area contributed by atoms with Crippen molar-refractivity contribution >= 4 is 27.6 Å². The topological polar surface area (TPSA) is 79.3 Å². The van der Waals surface area contributed by atoms with E-state index in [1.54, 1.807) is 6.07 Å². The lowest BCUT2D eigenvalue weighted by molar-refractivity contribution is -0.328. The van der Waals surface area contributed by atoms with Crippen molar-refractivity contribution in [2.45, 2.75) is 6.92 Å². The van der Waals surface area contributed by atoms with Gasteiger partial charge in [-0.05, 0) is 6.92 Å². The molecule has 0 fully saturated rings. The molecule has 0 radical (unpaired) electrons. The van der Waals surface area contributed by atoms with Gasteiger partial charge in [0.05, 0.1) is 12.6 Å². The SMILES string of the molecule is CCNc1cc(O)c2s[nH]c(=O)c2[nH+]1. The molecule has 5 nitrogen and oxygen atoms in total. The third-order valence-electron chi connectivity index (χ3n) is 1.84. The van der Waals surface area contributed by atoms with Crippen molar-refractivity contribution in [1.82, 2.24) is 4.37 Å². The maximum Gasteiger partial charge on any atom is 0.305 e. The summed E-state index contributed by atoms with van der Waals surface area (Å²) in [6.07, 6.45) is 0. The number of aromatic hydroxyl groups is 1. The number of nitrogens with one attached hydrogen (secondary N) is 3. The Morgan fingerprint density at radius 1 is 1.71 bits per heavy atom. The van der Waals surface area contributed by atoms with E-state index in [0.29, 0.717) is 16.0 Å². The van der Waals surface area contributed by atoms with Gasteiger partial charge in [0.25, 0.3) is 5.82 Å². The minimum Gasteiger partial charge on any atom is -0.506 e. The number of rotatable bonds is 2. The van der Waals surface area contributed by atoms with E-state index >= 15 is 0 Å². The van der Waals surface area contributed by atoms with Crippen LogP contribution in [0.15, 0.2) is 10.9 Å². The number of aromatic nitrogens is 2. The van der Waals surface area contributed by atoms with Crippen molar-refractivity contribution in [3.8, 4) is 5.75 Å². The van der Waals surface area contributed by atoms with Crippen LogP contribution in [0.4, 0.5) is 5.82 Å². The molecule has 0 atom stereocenters. The maximum absolute atomic E-state index is 11.3. The van der Waals surface area contributed by atoms with E-state index in [1.165, 1.54) is 0 Å². The second-order valence-electron chi connectivity index (χ2n) is 2.84. The van der Waals surface area contributed by atoms with Crippen molar-refractivity contribution in [3.63, 3.8) is 0 Å². The van der Waals surface area contributed by atoms with Crippen LogP contribution in [0.1, 0.15) is 6.92 Å². The van der Waals surface area contributed by atoms with Crippen LogP contribution < -0.4 is 15.9 Å². The Labute approximate surface area is 83.6 Å². The zero-order valence-electron chi connectivity index (χ0n) is 7.55. The Morgan fingerprint density at radius 3 is 3.21 bits per heavy atom. The van der Waals surface area contributed by atoms with Crippen LogP contribution in [0.3, 0.4) is 0 Å². The van der Waals surface area contributed by atoms with E-state index in [2.05, 4.69) is 14.7 Å². The van der Waals surface area contributed by atoms with Crippen LogP contribution in [-0.4, -0.2) is 16.0 Å². The molecule has 4 N–H and O–H groups in total. The van der Waals surface area contributed by atoms with E-state index in [1.807, 2.05) is 6.92 Å². The van der Waals surface area contributed by atoms with Crippen LogP contribution in [-0.2, 0) is 0 Å². The molecule has 74 valence electrons. The molecule has 0 bridgehead atoms. The highest BCUT2D eigenvalue weighted by molar-refractivity contribution is 7.13. The molecule has 0 aromatic carbocycles. The first-order chi connectivity index (χ1) is 6.72. The Balaban J connectivity index is 2.69. The summed E-state index contributed by atoms with van der Waals surface area (Å²) in [5.74, 6) is 0.749. The van der Waals surface area contributed by atoms with Crippen molar-refractivity contribution in [2.24, 2.45) is 0 Å². The highest BCUT2D eigenvalue weighted by Gasteiger charge is 2.13.